The predicted molar refractivity (Wildman–Crippen MR) is 60.1 cm³/mol. The lowest BCUT2D eigenvalue weighted by atomic mass is 10.1. The zero-order chi connectivity index (χ0) is 10.4. The van der Waals surface area contributed by atoms with Crippen molar-refractivity contribution in [2.24, 2.45) is 0 Å². The Hall–Kier alpha value is -1.37. The largest absolute Gasteiger partial charge is 0.303 e. The maximum atomic E-state index is 10.2. The summed E-state index contributed by atoms with van der Waals surface area (Å²) in [7, 11) is 0. The van der Waals surface area contributed by atoms with Crippen LogP contribution in [0.2, 0.25) is 0 Å². The molecule has 0 atom stereocenters. The van der Waals surface area contributed by atoms with Crippen LogP contribution in [-0.2, 0) is 4.79 Å². The van der Waals surface area contributed by atoms with Gasteiger partial charge in [0, 0.05) is 6.42 Å². The summed E-state index contributed by atoms with van der Waals surface area (Å²) < 4.78 is 0. The van der Waals surface area contributed by atoms with E-state index in [2.05, 4.69) is 38.1 Å². The van der Waals surface area contributed by atoms with Crippen molar-refractivity contribution in [1.29, 1.82) is 0 Å². The van der Waals surface area contributed by atoms with Crippen LogP contribution in [0.1, 0.15) is 30.9 Å². The van der Waals surface area contributed by atoms with Gasteiger partial charge in [-0.3, -0.25) is 0 Å². The molecule has 0 aliphatic heterocycles. The number of allylic oxidation sites excluding steroid dienone is 1. The molecule has 1 heteroatoms. The van der Waals surface area contributed by atoms with E-state index in [1.54, 1.807) is 0 Å². The first-order valence-electron chi connectivity index (χ1n) is 4.90. The molecule has 0 heterocycles. The highest BCUT2D eigenvalue weighted by molar-refractivity contribution is 5.55. The Labute approximate surface area is 85.5 Å². The monoisotopic (exact) mass is 188 g/mol. The molecule has 0 unspecified atom stereocenters. The van der Waals surface area contributed by atoms with Crippen LogP contribution in [0.15, 0.2) is 29.8 Å². The van der Waals surface area contributed by atoms with Crippen LogP contribution in [0.3, 0.4) is 0 Å². The second-order valence-electron chi connectivity index (χ2n) is 3.61. The van der Waals surface area contributed by atoms with Crippen molar-refractivity contribution in [3.8, 4) is 0 Å². The van der Waals surface area contributed by atoms with E-state index in [-0.39, 0.29) is 0 Å². The summed E-state index contributed by atoms with van der Waals surface area (Å²) in [4.78, 5) is 10.2. The summed E-state index contributed by atoms with van der Waals surface area (Å²) in [5.41, 5.74) is 3.73. The molecule has 0 spiro atoms. The van der Waals surface area contributed by atoms with Gasteiger partial charge in [0.2, 0.25) is 0 Å². The maximum absolute atomic E-state index is 10.2. The highest BCUT2D eigenvalue weighted by Gasteiger charge is 1.92. The van der Waals surface area contributed by atoms with Crippen LogP contribution in [-0.4, -0.2) is 6.29 Å². The number of carbonyl (C=O) groups is 1. The molecular weight excluding hydrogens is 172 g/mol. The van der Waals surface area contributed by atoms with E-state index in [4.69, 9.17) is 0 Å². The quantitative estimate of drug-likeness (QED) is 0.662. The number of benzene rings is 1. The van der Waals surface area contributed by atoms with Gasteiger partial charge >= 0.3 is 0 Å². The first-order chi connectivity index (χ1) is 6.72. The molecule has 1 aromatic rings. The average Bonchev–Trinajstić information content (AvgIpc) is 2.15. The fraction of sp³-hybridized carbons (Fsp3) is 0.308. The number of aryl methyl sites for hydroxylation is 1. The van der Waals surface area contributed by atoms with Crippen LogP contribution in [0.25, 0.3) is 6.08 Å². The second kappa shape index (κ2) is 5.38. The summed E-state index contributed by atoms with van der Waals surface area (Å²) >= 11 is 0. The molecule has 1 nitrogen and oxygen atoms in total. The first kappa shape index (κ1) is 10.7. The predicted octanol–water partition coefficient (Wildman–Crippen LogP) is 3.38. The van der Waals surface area contributed by atoms with Crippen molar-refractivity contribution in [3.05, 3.63) is 41.0 Å². The number of hydrogen-bond acceptors (Lipinski definition) is 1. The molecule has 74 valence electrons. The molecule has 14 heavy (non-hydrogen) atoms. The number of aldehydes is 1. The minimum absolute atomic E-state index is 0.619. The minimum atomic E-state index is 0.619. The van der Waals surface area contributed by atoms with Gasteiger partial charge in [-0.05, 0) is 25.8 Å². The van der Waals surface area contributed by atoms with Gasteiger partial charge in [0.05, 0.1) is 0 Å². The highest BCUT2D eigenvalue weighted by Crippen LogP contribution is 2.11. The molecule has 0 bridgehead atoms. The van der Waals surface area contributed by atoms with Crippen LogP contribution >= 0.6 is 0 Å². The number of hydrogen-bond donors (Lipinski definition) is 0. The number of carbonyl (C=O) groups excluding carboxylic acids is 1. The van der Waals surface area contributed by atoms with E-state index in [0.29, 0.717) is 6.42 Å². The van der Waals surface area contributed by atoms with E-state index in [1.807, 2.05) is 6.07 Å². The Kier molecular flexibility index (Phi) is 4.11. The van der Waals surface area contributed by atoms with Crippen molar-refractivity contribution in [1.82, 2.24) is 0 Å². The Bertz CT molecular complexity index is 337. The van der Waals surface area contributed by atoms with Gasteiger partial charge in [0.25, 0.3) is 0 Å². The van der Waals surface area contributed by atoms with Crippen LogP contribution in [0.4, 0.5) is 0 Å². The first-order valence-corrected chi connectivity index (χ1v) is 4.90. The van der Waals surface area contributed by atoms with Crippen molar-refractivity contribution in [3.63, 3.8) is 0 Å². The molecule has 0 aliphatic carbocycles. The maximum Gasteiger partial charge on any atom is 0.120 e. The molecule has 0 fully saturated rings. The van der Waals surface area contributed by atoms with E-state index in [9.17, 15) is 4.79 Å². The Morgan fingerprint density at radius 3 is 2.86 bits per heavy atom. The molecule has 0 aromatic heterocycles. The Morgan fingerprint density at radius 2 is 2.21 bits per heavy atom. The normalized spacial score (nSPS) is 11.4. The van der Waals surface area contributed by atoms with Gasteiger partial charge in [-0.15, -0.1) is 0 Å². The fourth-order valence-electron chi connectivity index (χ4n) is 1.40. The third kappa shape index (κ3) is 3.56. The average molecular weight is 188 g/mol. The topological polar surface area (TPSA) is 17.1 Å². The van der Waals surface area contributed by atoms with Gasteiger partial charge in [-0.25, -0.2) is 0 Å². The lowest BCUT2D eigenvalue weighted by Crippen LogP contribution is -1.81. The summed E-state index contributed by atoms with van der Waals surface area (Å²) in [5.74, 6) is 0. The number of rotatable bonds is 4. The smallest absolute Gasteiger partial charge is 0.120 e. The van der Waals surface area contributed by atoms with Gasteiger partial charge < -0.3 is 4.79 Å². The fourth-order valence-corrected chi connectivity index (χ4v) is 1.40. The molecule has 1 aromatic carbocycles. The van der Waals surface area contributed by atoms with E-state index in [0.717, 1.165) is 12.7 Å². The van der Waals surface area contributed by atoms with Crippen LogP contribution in [0, 0.1) is 6.92 Å². The molecule has 0 saturated heterocycles. The lowest BCUT2D eigenvalue weighted by Gasteiger charge is -1.99. The molecule has 0 radical (unpaired) electrons. The molecule has 0 saturated carbocycles. The zero-order valence-corrected chi connectivity index (χ0v) is 8.79. The van der Waals surface area contributed by atoms with Crippen molar-refractivity contribution < 1.29 is 4.79 Å². The van der Waals surface area contributed by atoms with E-state index < -0.39 is 0 Å². The van der Waals surface area contributed by atoms with Crippen molar-refractivity contribution in [2.75, 3.05) is 0 Å². The molecule has 0 aliphatic rings. The molecule has 0 amide bonds. The minimum Gasteiger partial charge on any atom is -0.303 e. The molecule has 1 rings (SSSR count). The summed E-state index contributed by atoms with van der Waals surface area (Å²) in [6, 6.07) is 8.36. The third-order valence-corrected chi connectivity index (χ3v) is 2.11. The summed E-state index contributed by atoms with van der Waals surface area (Å²) in [5, 5.41) is 0. The standard InChI is InChI=1S/C13H16O/c1-11-5-3-7-13(9-11)10-12(2)6-4-8-14/h3,5,7-10H,4,6H2,1-2H3. The Balaban J connectivity index is 2.70. The molecular formula is C13H16O. The SMILES string of the molecule is CC(=Cc1cccc(C)c1)CCC=O. The van der Waals surface area contributed by atoms with Crippen molar-refractivity contribution >= 4 is 12.4 Å². The van der Waals surface area contributed by atoms with Gasteiger partial charge in [0.15, 0.2) is 0 Å². The zero-order valence-electron chi connectivity index (χ0n) is 8.79. The highest BCUT2D eigenvalue weighted by atomic mass is 16.1. The van der Waals surface area contributed by atoms with Crippen LogP contribution < -0.4 is 0 Å². The molecule has 0 N–H and O–H groups in total. The summed E-state index contributed by atoms with van der Waals surface area (Å²) in [6.07, 6.45) is 4.58. The van der Waals surface area contributed by atoms with Gasteiger partial charge in [-0.2, -0.15) is 0 Å². The van der Waals surface area contributed by atoms with Gasteiger partial charge in [0.1, 0.15) is 6.29 Å². The Morgan fingerprint density at radius 1 is 1.43 bits per heavy atom. The lowest BCUT2D eigenvalue weighted by molar-refractivity contribution is -0.107. The van der Waals surface area contributed by atoms with Crippen molar-refractivity contribution in [2.45, 2.75) is 26.7 Å². The van der Waals surface area contributed by atoms with E-state index in [1.165, 1.54) is 16.7 Å². The van der Waals surface area contributed by atoms with E-state index >= 15 is 0 Å². The third-order valence-electron chi connectivity index (χ3n) is 2.11. The second-order valence-corrected chi connectivity index (χ2v) is 3.61. The van der Waals surface area contributed by atoms with Crippen LogP contribution in [0.5, 0.6) is 0 Å². The summed E-state index contributed by atoms with van der Waals surface area (Å²) in [6.45, 7) is 4.14. The van der Waals surface area contributed by atoms with Gasteiger partial charge in [-0.1, -0.05) is 41.5 Å².